The summed E-state index contributed by atoms with van der Waals surface area (Å²) in [4.78, 5) is 11.1. The lowest BCUT2D eigenvalue weighted by Crippen LogP contribution is -2.07. The van der Waals surface area contributed by atoms with E-state index in [0.717, 1.165) is 12.8 Å². The zero-order chi connectivity index (χ0) is 36.8. The van der Waals surface area contributed by atoms with E-state index in [-0.39, 0.29) is 19.2 Å². The van der Waals surface area contributed by atoms with Gasteiger partial charge in [-0.3, -0.25) is 4.79 Å². The SMILES string of the molecule is C=C.C=C.C=C.C=C.C=C.C=C.C=C.C=C.C=C.C=C.C=C.C=C.CCCCCCCCCCCC(=O)OCCO. The van der Waals surface area contributed by atoms with Crippen molar-refractivity contribution in [3.05, 3.63) is 158 Å². The van der Waals surface area contributed by atoms with Gasteiger partial charge in [-0.1, -0.05) is 58.3 Å². The molecule has 246 valence electrons. The van der Waals surface area contributed by atoms with Crippen LogP contribution in [0.25, 0.3) is 0 Å². The Kier molecular flexibility index (Phi) is 606. The molecule has 1 N–H and O–H groups in total. The van der Waals surface area contributed by atoms with Crippen molar-refractivity contribution in [2.45, 2.75) is 71.1 Å². The lowest BCUT2D eigenvalue weighted by Gasteiger charge is -2.03. The number of aliphatic hydroxyl groups excluding tert-OH is 1. The van der Waals surface area contributed by atoms with Gasteiger partial charge in [0.2, 0.25) is 0 Å². The minimum absolute atomic E-state index is 0.0799. The van der Waals surface area contributed by atoms with E-state index in [1.165, 1.54) is 44.9 Å². The smallest absolute Gasteiger partial charge is 0.305 e. The average molecular weight is 581 g/mol. The van der Waals surface area contributed by atoms with Crippen LogP contribution in [0.3, 0.4) is 0 Å². The van der Waals surface area contributed by atoms with Gasteiger partial charge in [-0.15, -0.1) is 158 Å². The van der Waals surface area contributed by atoms with Gasteiger partial charge in [0.15, 0.2) is 0 Å². The predicted octanol–water partition coefficient (Wildman–Crippen LogP) is 13.1. The first-order valence-corrected chi connectivity index (χ1v) is 13.1. The van der Waals surface area contributed by atoms with Crippen molar-refractivity contribution < 1.29 is 14.6 Å². The molecule has 0 radical (unpaired) electrons. The second-order valence-corrected chi connectivity index (χ2v) is 4.52. The van der Waals surface area contributed by atoms with Gasteiger partial charge in [-0.05, 0) is 6.42 Å². The van der Waals surface area contributed by atoms with E-state index >= 15 is 0 Å². The van der Waals surface area contributed by atoms with Crippen LogP contribution in [0.15, 0.2) is 158 Å². The van der Waals surface area contributed by atoms with Crippen molar-refractivity contribution in [1.82, 2.24) is 0 Å². The maximum atomic E-state index is 11.1. The van der Waals surface area contributed by atoms with Crippen molar-refractivity contribution in [3.8, 4) is 0 Å². The number of aliphatic hydroxyl groups is 1. The highest BCUT2D eigenvalue weighted by Gasteiger charge is 2.01. The Morgan fingerprint density at radius 1 is 0.439 bits per heavy atom. The third kappa shape index (κ3) is 334. The van der Waals surface area contributed by atoms with Crippen LogP contribution < -0.4 is 0 Å². The van der Waals surface area contributed by atoms with Gasteiger partial charge < -0.3 is 9.84 Å². The Labute approximate surface area is 262 Å². The number of rotatable bonds is 12. The molecule has 3 nitrogen and oxygen atoms in total. The molecule has 0 spiro atoms. The van der Waals surface area contributed by atoms with Gasteiger partial charge in [0.25, 0.3) is 0 Å². The molecule has 41 heavy (non-hydrogen) atoms. The first kappa shape index (κ1) is 83.2. The Morgan fingerprint density at radius 2 is 0.659 bits per heavy atom. The number of esters is 1. The Balaban J connectivity index is -0.0000000248. The van der Waals surface area contributed by atoms with Crippen molar-refractivity contribution in [2.75, 3.05) is 13.2 Å². The standard InChI is InChI=1S/C14H28O3.12C2H4/c1-2-3-4-5-6-7-8-9-10-11-14(16)17-13-12-15;12*1-2/h15H,2-13H2,1H3;12*1-2H2. The molecule has 0 saturated heterocycles. The van der Waals surface area contributed by atoms with Crippen LogP contribution in [-0.2, 0) is 9.53 Å². The van der Waals surface area contributed by atoms with Crippen molar-refractivity contribution >= 4 is 5.97 Å². The summed E-state index contributed by atoms with van der Waals surface area (Å²) >= 11 is 0. The molecule has 0 aliphatic heterocycles. The Morgan fingerprint density at radius 3 is 0.878 bits per heavy atom. The van der Waals surface area contributed by atoms with Crippen molar-refractivity contribution in [3.63, 3.8) is 0 Å². The molecule has 0 aromatic rings. The number of carbonyl (C=O) groups excluding carboxylic acids is 1. The van der Waals surface area contributed by atoms with Gasteiger partial charge in [-0.2, -0.15) is 0 Å². The van der Waals surface area contributed by atoms with Crippen LogP contribution in [0, 0.1) is 0 Å². The molecule has 0 heterocycles. The van der Waals surface area contributed by atoms with Crippen molar-refractivity contribution in [2.24, 2.45) is 0 Å². The van der Waals surface area contributed by atoms with Crippen LogP contribution in [0.2, 0.25) is 0 Å². The molecule has 0 rings (SSSR count). The lowest BCUT2D eigenvalue weighted by atomic mass is 10.1. The largest absolute Gasteiger partial charge is 0.463 e. The topological polar surface area (TPSA) is 46.5 Å². The second-order valence-electron chi connectivity index (χ2n) is 4.52. The van der Waals surface area contributed by atoms with E-state index in [9.17, 15) is 4.79 Å². The summed E-state index contributed by atoms with van der Waals surface area (Å²) in [5.74, 6) is -0.179. The molecular formula is C38H76O3. The zero-order valence-electron chi connectivity index (χ0n) is 28.2. The van der Waals surface area contributed by atoms with E-state index in [2.05, 4.69) is 165 Å². The van der Waals surface area contributed by atoms with Gasteiger partial charge in [-0.25, -0.2) is 0 Å². The summed E-state index contributed by atoms with van der Waals surface area (Å²) in [5.41, 5.74) is 0. The molecule has 0 atom stereocenters. The summed E-state index contributed by atoms with van der Waals surface area (Å²) in [6, 6.07) is 0. The molecule has 0 bridgehead atoms. The van der Waals surface area contributed by atoms with Gasteiger partial charge in [0.05, 0.1) is 6.61 Å². The van der Waals surface area contributed by atoms with Gasteiger partial charge in [0, 0.05) is 6.42 Å². The average Bonchev–Trinajstić information content (AvgIpc) is 3.13. The fourth-order valence-electron chi connectivity index (χ4n) is 1.81. The van der Waals surface area contributed by atoms with Crippen LogP contribution >= 0.6 is 0 Å². The summed E-state index contributed by atoms with van der Waals surface area (Å²) < 4.78 is 4.77. The lowest BCUT2D eigenvalue weighted by molar-refractivity contribution is -0.144. The monoisotopic (exact) mass is 581 g/mol. The first-order chi connectivity index (χ1) is 20.3. The summed E-state index contributed by atoms with van der Waals surface area (Å²) in [7, 11) is 0. The molecule has 0 amide bonds. The van der Waals surface area contributed by atoms with Crippen LogP contribution in [-0.4, -0.2) is 24.3 Å². The molecule has 0 aromatic carbocycles. The molecule has 3 heteroatoms. The first-order valence-electron chi connectivity index (χ1n) is 13.1. The minimum Gasteiger partial charge on any atom is -0.463 e. The van der Waals surface area contributed by atoms with E-state index in [4.69, 9.17) is 9.84 Å². The van der Waals surface area contributed by atoms with Crippen LogP contribution in [0.1, 0.15) is 71.1 Å². The molecule has 0 aromatic heterocycles. The van der Waals surface area contributed by atoms with E-state index in [1.54, 1.807) is 0 Å². The van der Waals surface area contributed by atoms with Crippen LogP contribution in [0.5, 0.6) is 0 Å². The second kappa shape index (κ2) is 299. The van der Waals surface area contributed by atoms with E-state index < -0.39 is 0 Å². The summed E-state index contributed by atoms with van der Waals surface area (Å²) in [5, 5.41) is 8.47. The maximum Gasteiger partial charge on any atom is 0.305 e. The molecule has 0 fully saturated rings. The normalized spacial score (nSPS) is 5.51. The number of ether oxygens (including phenoxy) is 1. The van der Waals surface area contributed by atoms with Gasteiger partial charge >= 0.3 is 5.97 Å². The Hall–Kier alpha value is -3.69. The Bertz CT molecular complexity index is 276. The van der Waals surface area contributed by atoms with Gasteiger partial charge in [0.1, 0.15) is 6.61 Å². The molecule has 0 unspecified atom stereocenters. The van der Waals surface area contributed by atoms with Crippen molar-refractivity contribution in [1.29, 1.82) is 0 Å². The number of hydrogen-bond donors (Lipinski definition) is 1. The number of carbonyl (C=O) groups is 1. The maximum absolute atomic E-state index is 11.1. The number of unbranched alkanes of at least 4 members (excludes halogenated alkanes) is 8. The third-order valence-electron chi connectivity index (χ3n) is 2.84. The number of hydrogen-bond acceptors (Lipinski definition) is 3. The van der Waals surface area contributed by atoms with Crippen LogP contribution in [0.4, 0.5) is 0 Å². The minimum atomic E-state index is -0.179. The van der Waals surface area contributed by atoms with E-state index in [1.807, 2.05) is 0 Å². The molecule has 0 aliphatic rings. The fourth-order valence-corrected chi connectivity index (χ4v) is 1.81. The molecule has 0 saturated carbocycles. The van der Waals surface area contributed by atoms with E-state index in [0.29, 0.717) is 6.42 Å². The fraction of sp³-hybridized carbons (Fsp3) is 0.342. The highest BCUT2D eigenvalue weighted by atomic mass is 16.5. The summed E-state index contributed by atoms with van der Waals surface area (Å²) in [6.45, 7) is 74.3. The molecule has 0 aliphatic carbocycles. The third-order valence-corrected chi connectivity index (χ3v) is 2.84. The molecular weight excluding hydrogens is 504 g/mol. The predicted molar refractivity (Wildman–Crippen MR) is 205 cm³/mol. The quantitative estimate of drug-likeness (QED) is 0.142. The highest BCUT2D eigenvalue weighted by Crippen LogP contribution is 2.10. The summed E-state index contributed by atoms with van der Waals surface area (Å²) in [6.07, 6.45) is 11.7. The highest BCUT2D eigenvalue weighted by molar-refractivity contribution is 5.69. The zero-order valence-corrected chi connectivity index (χ0v) is 28.2.